The SMILES string of the molecule is CCOC(=O)C1C=Nc2cc(Cl)c(OC)cc2C1=O. The summed E-state index contributed by atoms with van der Waals surface area (Å²) in [4.78, 5) is 27.9. The molecule has 1 aliphatic rings. The molecule has 0 spiro atoms. The zero-order valence-corrected chi connectivity index (χ0v) is 11.2. The minimum atomic E-state index is -1.00. The predicted octanol–water partition coefficient (Wildman–Crippen LogP) is 2.43. The van der Waals surface area contributed by atoms with E-state index >= 15 is 0 Å². The first-order chi connectivity index (χ1) is 9.08. The molecular weight excluding hydrogens is 270 g/mol. The van der Waals surface area contributed by atoms with Gasteiger partial charge in [-0.3, -0.25) is 14.6 Å². The van der Waals surface area contributed by atoms with Gasteiger partial charge in [0, 0.05) is 11.8 Å². The first-order valence-corrected chi connectivity index (χ1v) is 6.08. The van der Waals surface area contributed by atoms with Crippen LogP contribution in [0.15, 0.2) is 17.1 Å². The highest BCUT2D eigenvalue weighted by molar-refractivity contribution is 6.33. The number of ketones is 1. The Hall–Kier alpha value is -1.88. The highest BCUT2D eigenvalue weighted by Gasteiger charge is 2.32. The number of carbonyl (C=O) groups is 2. The summed E-state index contributed by atoms with van der Waals surface area (Å²) >= 11 is 5.96. The Kier molecular flexibility index (Phi) is 3.85. The van der Waals surface area contributed by atoms with Crippen LogP contribution in [0, 0.1) is 5.92 Å². The number of aliphatic imine (C=N–C) groups is 1. The van der Waals surface area contributed by atoms with E-state index in [0.29, 0.717) is 22.0 Å². The number of ether oxygens (including phenoxy) is 2. The van der Waals surface area contributed by atoms with Gasteiger partial charge >= 0.3 is 5.97 Å². The normalized spacial score (nSPS) is 17.0. The van der Waals surface area contributed by atoms with Crippen molar-refractivity contribution in [3.05, 3.63) is 22.7 Å². The number of benzene rings is 1. The fourth-order valence-corrected chi connectivity index (χ4v) is 2.03. The Morgan fingerprint density at radius 2 is 2.21 bits per heavy atom. The second-order valence-electron chi connectivity index (χ2n) is 3.88. The van der Waals surface area contributed by atoms with Crippen LogP contribution in [0.1, 0.15) is 17.3 Å². The predicted molar refractivity (Wildman–Crippen MR) is 70.6 cm³/mol. The molecule has 1 unspecified atom stereocenters. The lowest BCUT2D eigenvalue weighted by atomic mass is 9.94. The zero-order chi connectivity index (χ0) is 14.0. The van der Waals surface area contributed by atoms with Gasteiger partial charge in [0.05, 0.1) is 24.4 Å². The maximum atomic E-state index is 12.2. The van der Waals surface area contributed by atoms with Crippen LogP contribution in [0.2, 0.25) is 5.02 Å². The summed E-state index contributed by atoms with van der Waals surface area (Å²) in [6.45, 7) is 1.90. The third-order valence-corrected chi connectivity index (χ3v) is 3.02. The van der Waals surface area contributed by atoms with Gasteiger partial charge in [0.2, 0.25) is 0 Å². The summed E-state index contributed by atoms with van der Waals surface area (Å²) in [7, 11) is 1.45. The van der Waals surface area contributed by atoms with Gasteiger partial charge in [0.1, 0.15) is 5.75 Å². The topological polar surface area (TPSA) is 65.0 Å². The van der Waals surface area contributed by atoms with Crippen molar-refractivity contribution in [1.82, 2.24) is 0 Å². The third-order valence-electron chi connectivity index (χ3n) is 2.72. The number of Topliss-reactive ketones (excluding diaryl/α,β-unsaturated/α-hetero) is 1. The third kappa shape index (κ3) is 2.46. The van der Waals surface area contributed by atoms with Gasteiger partial charge in [-0.1, -0.05) is 11.6 Å². The lowest BCUT2D eigenvalue weighted by Gasteiger charge is -2.17. The van der Waals surface area contributed by atoms with Gasteiger partial charge in [-0.2, -0.15) is 0 Å². The first kappa shape index (κ1) is 13.5. The molecule has 5 nitrogen and oxygen atoms in total. The second kappa shape index (κ2) is 5.40. The summed E-state index contributed by atoms with van der Waals surface area (Å²) in [6, 6.07) is 3.02. The molecule has 0 saturated carbocycles. The highest BCUT2D eigenvalue weighted by atomic mass is 35.5. The number of nitrogens with zero attached hydrogens (tertiary/aromatic N) is 1. The number of halogens is 1. The van der Waals surface area contributed by atoms with Crippen molar-refractivity contribution < 1.29 is 19.1 Å². The van der Waals surface area contributed by atoms with Crippen molar-refractivity contribution in [3.63, 3.8) is 0 Å². The number of methoxy groups -OCH3 is 1. The van der Waals surface area contributed by atoms with Gasteiger partial charge in [-0.15, -0.1) is 0 Å². The Bertz CT molecular complexity index is 568. The number of fused-ring (bicyclic) bond motifs is 1. The van der Waals surface area contributed by atoms with E-state index in [1.165, 1.54) is 25.5 Å². The summed E-state index contributed by atoms with van der Waals surface area (Å²) in [5.74, 6) is -1.60. The Labute approximate surface area is 115 Å². The Balaban J connectivity index is 2.40. The molecule has 0 amide bonds. The molecule has 1 aromatic rings. The van der Waals surface area contributed by atoms with Crippen molar-refractivity contribution in [2.75, 3.05) is 13.7 Å². The minimum Gasteiger partial charge on any atom is -0.495 e. The molecule has 0 saturated heterocycles. The average Bonchev–Trinajstić information content (AvgIpc) is 2.38. The van der Waals surface area contributed by atoms with E-state index < -0.39 is 11.9 Å². The number of esters is 1. The second-order valence-corrected chi connectivity index (χ2v) is 4.28. The molecular formula is C13H12ClNO4. The summed E-state index contributed by atoms with van der Waals surface area (Å²) < 4.78 is 9.89. The molecule has 0 fully saturated rings. The molecule has 0 bridgehead atoms. The standard InChI is InChI=1S/C13H12ClNO4/c1-3-19-13(17)8-6-15-10-5-9(14)11(18-2)4-7(10)12(8)16/h4-6,8H,3H2,1-2H3. The molecule has 1 atom stereocenters. The smallest absolute Gasteiger partial charge is 0.322 e. The number of hydrogen-bond acceptors (Lipinski definition) is 5. The molecule has 6 heteroatoms. The van der Waals surface area contributed by atoms with E-state index in [1.54, 1.807) is 6.92 Å². The highest BCUT2D eigenvalue weighted by Crippen LogP contribution is 2.35. The van der Waals surface area contributed by atoms with E-state index in [0.717, 1.165) is 0 Å². The number of carbonyl (C=O) groups excluding carboxylic acids is 2. The fourth-order valence-electron chi connectivity index (χ4n) is 1.79. The average molecular weight is 282 g/mol. The number of hydrogen-bond donors (Lipinski definition) is 0. The molecule has 1 heterocycles. The minimum absolute atomic E-state index is 0.216. The molecule has 1 aliphatic heterocycles. The van der Waals surface area contributed by atoms with Crippen molar-refractivity contribution in [2.45, 2.75) is 6.92 Å². The van der Waals surface area contributed by atoms with E-state index in [-0.39, 0.29) is 12.4 Å². The van der Waals surface area contributed by atoms with Gasteiger partial charge in [-0.05, 0) is 19.1 Å². The summed E-state index contributed by atoms with van der Waals surface area (Å²) in [6.07, 6.45) is 1.28. The van der Waals surface area contributed by atoms with Crippen LogP contribution < -0.4 is 4.74 Å². The van der Waals surface area contributed by atoms with E-state index in [2.05, 4.69) is 4.99 Å². The van der Waals surface area contributed by atoms with Crippen molar-refractivity contribution in [1.29, 1.82) is 0 Å². The lowest BCUT2D eigenvalue weighted by molar-refractivity contribution is -0.143. The van der Waals surface area contributed by atoms with Crippen LogP contribution in [-0.2, 0) is 9.53 Å². The molecule has 0 radical (unpaired) electrons. The monoisotopic (exact) mass is 281 g/mol. The Morgan fingerprint density at radius 3 is 2.84 bits per heavy atom. The summed E-state index contributed by atoms with van der Waals surface area (Å²) in [5, 5.41) is 0.362. The first-order valence-electron chi connectivity index (χ1n) is 5.71. The molecule has 0 aromatic heterocycles. The largest absolute Gasteiger partial charge is 0.495 e. The molecule has 0 aliphatic carbocycles. The van der Waals surface area contributed by atoms with Gasteiger partial charge in [-0.25, -0.2) is 0 Å². The maximum Gasteiger partial charge on any atom is 0.322 e. The number of rotatable bonds is 3. The zero-order valence-electron chi connectivity index (χ0n) is 10.5. The van der Waals surface area contributed by atoms with Crippen LogP contribution in [0.5, 0.6) is 5.75 Å². The van der Waals surface area contributed by atoms with Crippen LogP contribution >= 0.6 is 11.6 Å². The van der Waals surface area contributed by atoms with Crippen molar-refractivity contribution >= 4 is 35.3 Å². The molecule has 2 rings (SSSR count). The van der Waals surface area contributed by atoms with Crippen LogP contribution in [0.3, 0.4) is 0 Å². The molecule has 100 valence electrons. The van der Waals surface area contributed by atoms with Crippen molar-refractivity contribution in [2.24, 2.45) is 10.9 Å². The molecule has 0 N–H and O–H groups in total. The van der Waals surface area contributed by atoms with Crippen LogP contribution in [0.4, 0.5) is 5.69 Å². The van der Waals surface area contributed by atoms with Crippen molar-refractivity contribution in [3.8, 4) is 5.75 Å². The van der Waals surface area contributed by atoms with Crippen LogP contribution in [-0.4, -0.2) is 31.7 Å². The van der Waals surface area contributed by atoms with E-state index in [1.807, 2.05) is 0 Å². The lowest BCUT2D eigenvalue weighted by Crippen LogP contribution is -2.29. The molecule has 19 heavy (non-hydrogen) atoms. The van der Waals surface area contributed by atoms with E-state index in [9.17, 15) is 9.59 Å². The van der Waals surface area contributed by atoms with Crippen LogP contribution in [0.25, 0.3) is 0 Å². The quantitative estimate of drug-likeness (QED) is 0.630. The van der Waals surface area contributed by atoms with Gasteiger partial charge in [0.25, 0.3) is 0 Å². The maximum absolute atomic E-state index is 12.2. The van der Waals surface area contributed by atoms with E-state index in [4.69, 9.17) is 21.1 Å². The molecule has 1 aromatic carbocycles. The van der Waals surface area contributed by atoms with Gasteiger partial charge < -0.3 is 9.47 Å². The Morgan fingerprint density at radius 1 is 1.47 bits per heavy atom. The summed E-state index contributed by atoms with van der Waals surface area (Å²) in [5.41, 5.74) is 0.734. The fraction of sp³-hybridized carbons (Fsp3) is 0.308. The van der Waals surface area contributed by atoms with Gasteiger partial charge in [0.15, 0.2) is 11.7 Å².